The van der Waals surface area contributed by atoms with Gasteiger partial charge in [0.2, 0.25) is 0 Å². The summed E-state index contributed by atoms with van der Waals surface area (Å²) in [6.07, 6.45) is 6.22. The molecule has 4 aliphatic rings. The van der Waals surface area contributed by atoms with Crippen LogP contribution in [0.4, 0.5) is 0 Å². The quantitative estimate of drug-likeness (QED) is 0.442. The van der Waals surface area contributed by atoms with Gasteiger partial charge in [-0.3, -0.25) is 0 Å². The summed E-state index contributed by atoms with van der Waals surface area (Å²) in [6, 6.07) is 0. The Kier molecular flexibility index (Phi) is 4.80. The van der Waals surface area contributed by atoms with Gasteiger partial charge in [-0.05, 0) is 63.2 Å². The highest BCUT2D eigenvalue weighted by atomic mass is 16.7. The Morgan fingerprint density at radius 2 is 1.96 bits per heavy atom. The zero-order valence-corrected chi connectivity index (χ0v) is 17.6. The molecule has 0 bridgehead atoms. The van der Waals surface area contributed by atoms with Gasteiger partial charge in [0.15, 0.2) is 5.79 Å². The predicted octanol–water partition coefficient (Wildman–Crippen LogP) is 3.76. The highest BCUT2D eigenvalue weighted by Crippen LogP contribution is 2.63. The Labute approximate surface area is 168 Å². The molecule has 0 unspecified atom stereocenters. The van der Waals surface area contributed by atoms with Crippen molar-refractivity contribution in [3.05, 3.63) is 23.8 Å². The number of hydrogen-bond acceptors (Lipinski definition) is 5. The molecule has 2 aliphatic heterocycles. The molecule has 4 rings (SSSR count). The molecule has 28 heavy (non-hydrogen) atoms. The summed E-state index contributed by atoms with van der Waals surface area (Å²) >= 11 is 0. The van der Waals surface area contributed by atoms with Crippen LogP contribution in [0.5, 0.6) is 0 Å². The van der Waals surface area contributed by atoms with Crippen LogP contribution in [0.3, 0.4) is 0 Å². The van der Waals surface area contributed by atoms with Gasteiger partial charge >= 0.3 is 5.97 Å². The fourth-order valence-electron chi connectivity index (χ4n) is 6.43. The van der Waals surface area contributed by atoms with E-state index in [0.29, 0.717) is 11.5 Å². The minimum atomic E-state index is -0.802. The molecule has 2 aliphatic carbocycles. The number of rotatable bonds is 2. The molecule has 2 saturated carbocycles. The number of cyclic esters (lactones) is 1. The van der Waals surface area contributed by atoms with Crippen molar-refractivity contribution in [2.24, 2.45) is 22.7 Å². The molecule has 0 spiro atoms. The first-order chi connectivity index (χ1) is 13.1. The van der Waals surface area contributed by atoms with Crippen molar-refractivity contribution < 1.29 is 24.1 Å². The van der Waals surface area contributed by atoms with E-state index >= 15 is 0 Å². The highest BCUT2D eigenvalue weighted by molar-refractivity contribution is 5.91. The molecule has 0 aromatic heterocycles. The number of ether oxygens (including phenoxy) is 3. The predicted molar refractivity (Wildman–Crippen MR) is 105 cm³/mol. The maximum Gasteiger partial charge on any atom is 0.336 e. The first kappa shape index (κ1) is 20.1. The SMILES string of the molecule is C=C1CC[C@H]2[C@](C)(CC[C@H]3OC(C)(C)OC[C@@]23C)[C@@H]1C/C=C1/C(=O)OC[C@@H]1O. The summed E-state index contributed by atoms with van der Waals surface area (Å²) in [7, 11) is 0. The van der Waals surface area contributed by atoms with Crippen molar-refractivity contribution >= 4 is 5.97 Å². The van der Waals surface area contributed by atoms with Crippen LogP contribution < -0.4 is 0 Å². The van der Waals surface area contributed by atoms with E-state index in [-0.39, 0.29) is 35.4 Å². The average molecular weight is 391 g/mol. The molecule has 2 saturated heterocycles. The van der Waals surface area contributed by atoms with E-state index < -0.39 is 11.9 Å². The van der Waals surface area contributed by atoms with E-state index in [1.54, 1.807) is 0 Å². The van der Waals surface area contributed by atoms with Crippen LogP contribution in [0, 0.1) is 22.7 Å². The summed E-state index contributed by atoms with van der Waals surface area (Å²) in [5.41, 5.74) is 1.74. The van der Waals surface area contributed by atoms with E-state index in [1.807, 2.05) is 19.9 Å². The lowest BCUT2D eigenvalue weighted by atomic mass is 9.46. The topological polar surface area (TPSA) is 65.0 Å². The van der Waals surface area contributed by atoms with E-state index in [0.717, 1.165) is 38.7 Å². The first-order valence-corrected chi connectivity index (χ1v) is 10.6. The molecule has 0 radical (unpaired) electrons. The number of fused-ring (bicyclic) bond motifs is 3. The zero-order chi connectivity index (χ0) is 20.3. The van der Waals surface area contributed by atoms with Gasteiger partial charge in [0.1, 0.15) is 12.7 Å². The second kappa shape index (κ2) is 6.68. The number of esters is 1. The van der Waals surface area contributed by atoms with Crippen molar-refractivity contribution in [2.75, 3.05) is 13.2 Å². The van der Waals surface area contributed by atoms with Gasteiger partial charge in [-0.1, -0.05) is 32.1 Å². The summed E-state index contributed by atoms with van der Waals surface area (Å²) in [6.45, 7) is 13.9. The molecular formula is C23H34O5. The summed E-state index contributed by atoms with van der Waals surface area (Å²) < 4.78 is 17.4. The van der Waals surface area contributed by atoms with Gasteiger partial charge in [-0.25, -0.2) is 4.79 Å². The second-order valence-electron chi connectivity index (χ2n) is 10.2. The van der Waals surface area contributed by atoms with Crippen LogP contribution in [0.25, 0.3) is 0 Å². The molecule has 4 fully saturated rings. The van der Waals surface area contributed by atoms with Crippen LogP contribution in [-0.4, -0.2) is 42.3 Å². The standard InChI is InChI=1S/C23H34O5/c1-14-6-9-18-22(4,16(14)8-7-15-17(24)12-26-20(15)25)11-10-19-23(18,5)13-27-21(2,3)28-19/h7,16-19,24H,1,6,8-13H2,2-5H3/b15-7+/t16-,17+,18+,19-,22-,23+/m1/s1. The number of hydrogen-bond donors (Lipinski definition) is 1. The fraction of sp³-hybridized carbons (Fsp3) is 0.783. The van der Waals surface area contributed by atoms with Gasteiger partial charge < -0.3 is 19.3 Å². The Hall–Kier alpha value is -1.17. The van der Waals surface area contributed by atoms with Gasteiger partial charge in [0, 0.05) is 5.41 Å². The van der Waals surface area contributed by atoms with Gasteiger partial charge in [-0.2, -0.15) is 0 Å². The molecule has 1 N–H and O–H groups in total. The molecule has 156 valence electrons. The van der Waals surface area contributed by atoms with E-state index in [2.05, 4.69) is 20.4 Å². The molecule has 5 heteroatoms. The number of allylic oxidation sites excluding steroid dienone is 2. The Morgan fingerprint density at radius 3 is 2.64 bits per heavy atom. The Bertz CT molecular complexity index is 710. The maximum atomic E-state index is 11.9. The van der Waals surface area contributed by atoms with Crippen LogP contribution in [-0.2, 0) is 19.0 Å². The lowest BCUT2D eigenvalue weighted by molar-refractivity contribution is -0.344. The third-order valence-corrected chi connectivity index (χ3v) is 8.01. The van der Waals surface area contributed by atoms with Crippen LogP contribution >= 0.6 is 0 Å². The van der Waals surface area contributed by atoms with Crippen molar-refractivity contribution in [1.29, 1.82) is 0 Å². The minimum Gasteiger partial charge on any atom is -0.459 e. The molecule has 5 nitrogen and oxygen atoms in total. The Morgan fingerprint density at radius 1 is 1.21 bits per heavy atom. The molecular weight excluding hydrogens is 356 g/mol. The summed E-state index contributed by atoms with van der Waals surface area (Å²) in [4.78, 5) is 11.9. The van der Waals surface area contributed by atoms with Crippen molar-refractivity contribution in [3.8, 4) is 0 Å². The van der Waals surface area contributed by atoms with Gasteiger partial charge in [-0.15, -0.1) is 0 Å². The molecule has 0 aromatic carbocycles. The lowest BCUT2D eigenvalue weighted by Gasteiger charge is -2.63. The van der Waals surface area contributed by atoms with E-state index in [9.17, 15) is 9.90 Å². The van der Waals surface area contributed by atoms with E-state index in [4.69, 9.17) is 14.2 Å². The lowest BCUT2D eigenvalue weighted by Crippen LogP contribution is -2.62. The molecule has 6 atom stereocenters. The van der Waals surface area contributed by atoms with Gasteiger partial charge in [0.05, 0.1) is 18.3 Å². The van der Waals surface area contributed by atoms with Crippen LogP contribution in [0.2, 0.25) is 0 Å². The number of carbonyl (C=O) groups is 1. The summed E-state index contributed by atoms with van der Waals surface area (Å²) in [5, 5.41) is 10.0. The minimum absolute atomic E-state index is 0.0135. The molecule has 2 heterocycles. The molecule has 0 amide bonds. The Balaban J connectivity index is 1.61. The molecule has 0 aromatic rings. The largest absolute Gasteiger partial charge is 0.459 e. The van der Waals surface area contributed by atoms with Gasteiger partial charge in [0.25, 0.3) is 0 Å². The third kappa shape index (κ3) is 3.06. The van der Waals surface area contributed by atoms with Crippen LogP contribution in [0.15, 0.2) is 23.8 Å². The summed E-state index contributed by atoms with van der Waals surface area (Å²) in [5.74, 6) is -0.141. The average Bonchev–Trinajstić information content (AvgIpc) is 2.93. The van der Waals surface area contributed by atoms with E-state index in [1.165, 1.54) is 5.57 Å². The van der Waals surface area contributed by atoms with Crippen molar-refractivity contribution in [2.45, 2.75) is 77.8 Å². The maximum absolute atomic E-state index is 11.9. The number of carbonyl (C=O) groups excluding carboxylic acids is 1. The van der Waals surface area contributed by atoms with Crippen LogP contribution in [0.1, 0.15) is 59.8 Å². The fourth-order valence-corrected chi connectivity index (χ4v) is 6.43. The number of aliphatic hydroxyl groups is 1. The monoisotopic (exact) mass is 390 g/mol. The van der Waals surface area contributed by atoms with Crippen molar-refractivity contribution in [3.63, 3.8) is 0 Å². The van der Waals surface area contributed by atoms with Crippen molar-refractivity contribution in [1.82, 2.24) is 0 Å². The first-order valence-electron chi connectivity index (χ1n) is 10.6. The normalized spacial score (nSPS) is 46.8. The third-order valence-electron chi connectivity index (χ3n) is 8.01. The smallest absolute Gasteiger partial charge is 0.336 e. The highest BCUT2D eigenvalue weighted by Gasteiger charge is 2.60. The number of aliphatic hydroxyl groups excluding tert-OH is 1. The zero-order valence-electron chi connectivity index (χ0n) is 17.6. The second-order valence-corrected chi connectivity index (χ2v) is 10.2.